The third-order valence-electron chi connectivity index (χ3n) is 2.72. The van der Waals surface area contributed by atoms with Crippen molar-refractivity contribution in [3.63, 3.8) is 0 Å². The number of benzene rings is 1. The Balaban J connectivity index is 2.22. The molecular weight excluding hydrogens is 244 g/mol. The van der Waals surface area contributed by atoms with E-state index in [2.05, 4.69) is 11.8 Å². The van der Waals surface area contributed by atoms with Gasteiger partial charge in [0.15, 0.2) is 0 Å². The van der Waals surface area contributed by atoms with Gasteiger partial charge in [-0.2, -0.15) is 0 Å². The second kappa shape index (κ2) is 6.14. The topological polar surface area (TPSA) is 72.6 Å². The van der Waals surface area contributed by atoms with E-state index in [1.54, 1.807) is 0 Å². The van der Waals surface area contributed by atoms with Crippen LogP contribution in [-0.4, -0.2) is 36.5 Å². The SMILES string of the molecule is NCC#Cc1ccccc1CN1C(=O)COCC1=O. The highest BCUT2D eigenvalue weighted by molar-refractivity contribution is 5.98. The first-order chi connectivity index (χ1) is 9.22. The van der Waals surface area contributed by atoms with Crippen LogP contribution in [0.4, 0.5) is 0 Å². The summed E-state index contributed by atoms with van der Waals surface area (Å²) in [5.41, 5.74) is 6.95. The first-order valence-electron chi connectivity index (χ1n) is 5.90. The van der Waals surface area contributed by atoms with Crippen molar-refractivity contribution in [1.29, 1.82) is 0 Å². The molecule has 0 aliphatic carbocycles. The smallest absolute Gasteiger partial charge is 0.255 e. The Morgan fingerprint density at radius 2 is 1.89 bits per heavy atom. The molecule has 0 unspecified atom stereocenters. The molecule has 5 nitrogen and oxygen atoms in total. The van der Waals surface area contributed by atoms with E-state index in [1.807, 2.05) is 24.3 Å². The number of imide groups is 1. The van der Waals surface area contributed by atoms with E-state index in [9.17, 15) is 9.59 Å². The van der Waals surface area contributed by atoms with E-state index in [-0.39, 0.29) is 38.1 Å². The van der Waals surface area contributed by atoms with Crippen LogP contribution >= 0.6 is 0 Å². The summed E-state index contributed by atoms with van der Waals surface area (Å²) < 4.78 is 4.87. The second-order valence-electron chi connectivity index (χ2n) is 4.03. The second-order valence-corrected chi connectivity index (χ2v) is 4.03. The molecule has 1 heterocycles. The van der Waals surface area contributed by atoms with Gasteiger partial charge in [-0.15, -0.1) is 0 Å². The number of nitrogens with zero attached hydrogens (tertiary/aromatic N) is 1. The molecule has 0 atom stereocenters. The highest BCUT2D eigenvalue weighted by Gasteiger charge is 2.26. The van der Waals surface area contributed by atoms with Gasteiger partial charge < -0.3 is 10.5 Å². The maximum atomic E-state index is 11.7. The predicted octanol–water partition coefficient (Wildman–Crippen LogP) is -0.118. The van der Waals surface area contributed by atoms with Crippen molar-refractivity contribution >= 4 is 11.8 Å². The fourth-order valence-corrected chi connectivity index (χ4v) is 1.79. The molecule has 1 aliphatic rings. The van der Waals surface area contributed by atoms with Gasteiger partial charge in [-0.1, -0.05) is 30.0 Å². The van der Waals surface area contributed by atoms with Crippen LogP contribution in [0.5, 0.6) is 0 Å². The van der Waals surface area contributed by atoms with Crippen LogP contribution in [0.3, 0.4) is 0 Å². The lowest BCUT2D eigenvalue weighted by atomic mass is 10.1. The van der Waals surface area contributed by atoms with Crippen molar-refractivity contribution in [3.05, 3.63) is 35.4 Å². The minimum atomic E-state index is -0.321. The molecule has 0 bridgehead atoms. The Labute approximate surface area is 111 Å². The molecule has 2 rings (SSSR count). The molecule has 0 radical (unpaired) electrons. The molecule has 5 heteroatoms. The fourth-order valence-electron chi connectivity index (χ4n) is 1.79. The third-order valence-corrected chi connectivity index (χ3v) is 2.72. The molecule has 98 valence electrons. The average Bonchev–Trinajstić information content (AvgIpc) is 2.42. The molecule has 1 aromatic carbocycles. The first kappa shape index (κ1) is 13.3. The summed E-state index contributed by atoms with van der Waals surface area (Å²) in [4.78, 5) is 24.5. The molecule has 1 saturated heterocycles. The number of carbonyl (C=O) groups excluding carboxylic acids is 2. The van der Waals surface area contributed by atoms with Crippen LogP contribution in [-0.2, 0) is 20.9 Å². The van der Waals surface area contributed by atoms with Gasteiger partial charge >= 0.3 is 0 Å². The van der Waals surface area contributed by atoms with Crippen molar-refractivity contribution in [2.24, 2.45) is 5.73 Å². The Morgan fingerprint density at radius 3 is 2.58 bits per heavy atom. The van der Waals surface area contributed by atoms with E-state index in [4.69, 9.17) is 10.5 Å². The number of nitrogens with two attached hydrogens (primary N) is 1. The van der Waals surface area contributed by atoms with Gasteiger partial charge in [-0.3, -0.25) is 14.5 Å². The minimum Gasteiger partial charge on any atom is -0.362 e. The number of hydrogen-bond donors (Lipinski definition) is 1. The Kier molecular flexibility index (Phi) is 4.29. The summed E-state index contributed by atoms with van der Waals surface area (Å²) in [5, 5.41) is 0. The van der Waals surface area contributed by atoms with Crippen LogP contribution in [0.1, 0.15) is 11.1 Å². The number of morpholine rings is 1. The zero-order valence-electron chi connectivity index (χ0n) is 10.4. The van der Waals surface area contributed by atoms with E-state index >= 15 is 0 Å². The lowest BCUT2D eigenvalue weighted by Gasteiger charge is -2.25. The maximum absolute atomic E-state index is 11.7. The molecule has 2 N–H and O–H groups in total. The van der Waals surface area contributed by atoms with Gasteiger partial charge in [0.2, 0.25) is 0 Å². The Bertz CT molecular complexity index is 541. The number of hydrogen-bond acceptors (Lipinski definition) is 4. The van der Waals surface area contributed by atoms with Crippen molar-refractivity contribution in [2.45, 2.75) is 6.54 Å². The molecule has 1 fully saturated rings. The van der Waals surface area contributed by atoms with Crippen molar-refractivity contribution < 1.29 is 14.3 Å². The van der Waals surface area contributed by atoms with E-state index in [0.29, 0.717) is 0 Å². The first-order valence-corrected chi connectivity index (χ1v) is 5.90. The summed E-state index contributed by atoms with van der Waals surface area (Å²) in [5.74, 6) is 5.06. The van der Waals surface area contributed by atoms with E-state index < -0.39 is 0 Å². The summed E-state index contributed by atoms with van der Waals surface area (Å²) >= 11 is 0. The number of ether oxygens (including phenoxy) is 1. The maximum Gasteiger partial charge on any atom is 0.255 e. The lowest BCUT2D eigenvalue weighted by molar-refractivity contribution is -0.159. The van der Waals surface area contributed by atoms with Gasteiger partial charge in [0.25, 0.3) is 11.8 Å². The van der Waals surface area contributed by atoms with Crippen molar-refractivity contribution in [3.8, 4) is 11.8 Å². The Morgan fingerprint density at radius 1 is 1.21 bits per heavy atom. The van der Waals surface area contributed by atoms with Crippen LogP contribution in [0, 0.1) is 11.8 Å². The summed E-state index contributed by atoms with van der Waals surface area (Å²) in [6, 6.07) is 7.38. The summed E-state index contributed by atoms with van der Waals surface area (Å²) in [6.45, 7) is 0.380. The molecule has 0 saturated carbocycles. The van der Waals surface area contributed by atoms with Crippen molar-refractivity contribution in [1.82, 2.24) is 4.90 Å². The van der Waals surface area contributed by atoms with Crippen LogP contribution < -0.4 is 5.73 Å². The van der Waals surface area contributed by atoms with Gasteiger partial charge in [-0.05, 0) is 11.6 Å². The molecule has 19 heavy (non-hydrogen) atoms. The zero-order valence-corrected chi connectivity index (χ0v) is 10.4. The fraction of sp³-hybridized carbons (Fsp3) is 0.286. The third kappa shape index (κ3) is 3.19. The van der Waals surface area contributed by atoms with Gasteiger partial charge in [0.1, 0.15) is 13.2 Å². The largest absolute Gasteiger partial charge is 0.362 e. The molecule has 0 aromatic heterocycles. The number of carbonyl (C=O) groups is 2. The van der Waals surface area contributed by atoms with Gasteiger partial charge in [0, 0.05) is 5.56 Å². The molecular formula is C14H14N2O3. The molecule has 1 aliphatic heterocycles. The molecule has 1 aromatic rings. The van der Waals surface area contributed by atoms with Crippen molar-refractivity contribution in [2.75, 3.05) is 19.8 Å². The minimum absolute atomic E-state index is 0.0532. The highest BCUT2D eigenvalue weighted by Crippen LogP contribution is 2.13. The number of rotatable bonds is 2. The quantitative estimate of drug-likeness (QED) is 0.593. The van der Waals surface area contributed by atoms with Crippen LogP contribution in [0.15, 0.2) is 24.3 Å². The Hall–Kier alpha value is -2.16. The summed E-state index contributed by atoms with van der Waals surface area (Å²) in [6.07, 6.45) is 0. The normalized spacial score (nSPS) is 15.1. The van der Waals surface area contributed by atoms with Gasteiger partial charge in [0.05, 0.1) is 13.1 Å². The lowest BCUT2D eigenvalue weighted by Crippen LogP contribution is -2.45. The highest BCUT2D eigenvalue weighted by atomic mass is 16.5. The van der Waals surface area contributed by atoms with Crippen LogP contribution in [0.2, 0.25) is 0 Å². The van der Waals surface area contributed by atoms with Gasteiger partial charge in [-0.25, -0.2) is 0 Å². The average molecular weight is 258 g/mol. The van der Waals surface area contributed by atoms with E-state index in [1.165, 1.54) is 4.90 Å². The standard InChI is InChI=1S/C14H14N2O3/c15-7-3-6-11-4-1-2-5-12(11)8-16-13(17)9-19-10-14(16)18/h1-2,4-5H,7-10,15H2. The molecule has 0 spiro atoms. The predicted molar refractivity (Wildman–Crippen MR) is 68.8 cm³/mol. The summed E-state index contributed by atoms with van der Waals surface area (Å²) in [7, 11) is 0. The van der Waals surface area contributed by atoms with Crippen LogP contribution in [0.25, 0.3) is 0 Å². The van der Waals surface area contributed by atoms with E-state index in [0.717, 1.165) is 11.1 Å². The zero-order chi connectivity index (χ0) is 13.7. The number of amides is 2. The molecule has 2 amide bonds. The monoisotopic (exact) mass is 258 g/mol.